The summed E-state index contributed by atoms with van der Waals surface area (Å²) >= 11 is 1.68. The molecule has 3 N–H and O–H groups in total. The second-order valence-corrected chi connectivity index (χ2v) is 16.0. The number of aliphatic hydroxyl groups is 3. The molecule has 1 aromatic heterocycles. The first-order valence-electron chi connectivity index (χ1n) is 16.5. The van der Waals surface area contributed by atoms with E-state index in [-0.39, 0.29) is 29.5 Å². The van der Waals surface area contributed by atoms with Gasteiger partial charge in [0.15, 0.2) is 0 Å². The molecular formula is C36H53NO5S. The van der Waals surface area contributed by atoms with E-state index in [0.29, 0.717) is 30.6 Å². The number of thiazole rings is 1. The molecule has 7 heteroatoms. The van der Waals surface area contributed by atoms with Crippen LogP contribution < -0.4 is 0 Å². The number of aliphatic hydroxyl groups excluding tert-OH is 3. The van der Waals surface area contributed by atoms with E-state index in [1.165, 1.54) is 31.3 Å². The molecule has 43 heavy (non-hydrogen) atoms. The Morgan fingerprint density at radius 1 is 1.23 bits per heavy atom. The van der Waals surface area contributed by atoms with E-state index in [4.69, 9.17) is 9.72 Å². The Morgan fingerprint density at radius 3 is 2.63 bits per heavy atom. The van der Waals surface area contributed by atoms with Crippen molar-refractivity contribution < 1.29 is 24.9 Å². The van der Waals surface area contributed by atoms with E-state index < -0.39 is 17.6 Å². The lowest BCUT2D eigenvalue weighted by atomic mass is 9.60. The van der Waals surface area contributed by atoms with Crippen LogP contribution in [0.1, 0.15) is 109 Å². The normalized spacial score (nSPS) is 33.8. The van der Waals surface area contributed by atoms with Crippen LogP contribution >= 0.6 is 11.3 Å². The largest absolute Gasteiger partial charge is 0.461 e. The summed E-state index contributed by atoms with van der Waals surface area (Å²) in [5, 5.41) is 33.5. The molecule has 238 valence electrons. The maximum absolute atomic E-state index is 13.2. The number of fused-ring (bicyclic) bond motifs is 1. The zero-order valence-electron chi connectivity index (χ0n) is 26.9. The number of esters is 1. The van der Waals surface area contributed by atoms with Crippen LogP contribution in [0.25, 0.3) is 0 Å². The molecule has 0 amide bonds. The van der Waals surface area contributed by atoms with Crippen LogP contribution in [0.2, 0.25) is 0 Å². The molecule has 0 saturated heterocycles. The van der Waals surface area contributed by atoms with Crippen molar-refractivity contribution in [2.24, 2.45) is 28.6 Å². The van der Waals surface area contributed by atoms with E-state index in [2.05, 4.69) is 38.0 Å². The summed E-state index contributed by atoms with van der Waals surface area (Å²) in [6, 6.07) is 0. The molecule has 4 aliphatic carbocycles. The molecule has 4 fully saturated rings. The summed E-state index contributed by atoms with van der Waals surface area (Å²) in [5.41, 5.74) is 3.36. The van der Waals surface area contributed by atoms with E-state index in [9.17, 15) is 20.1 Å². The summed E-state index contributed by atoms with van der Waals surface area (Å²) in [4.78, 5) is 18.0. The van der Waals surface area contributed by atoms with Crippen molar-refractivity contribution in [2.45, 2.75) is 129 Å². The Hall–Kier alpha value is -1.80. The number of hydrogen-bond acceptors (Lipinski definition) is 7. The maximum atomic E-state index is 13.2. The fourth-order valence-corrected chi connectivity index (χ4v) is 9.59. The second-order valence-electron chi connectivity index (χ2n) is 15.1. The molecule has 5 rings (SSSR count). The standard InChI is InChI=1S/C36H53NO5S/c1-22(9-14-31(42-33(41)34(4,5)21-38)36(16-17-36)32-37-23(2)20-43-32)28-12-13-29-25(8-7-15-35(28,29)6)10-11-26-18-27(39)19-30(40)24(26)3/h10-11,20,22,27-31,38-40H,3,7-9,12-19,21H2,1-2,4-6H3/t22-,27-,28-,29+,30+,31-,35-/m1/s1. The van der Waals surface area contributed by atoms with Gasteiger partial charge in [0.1, 0.15) is 11.1 Å². The number of ether oxygens (including phenoxy) is 1. The average Bonchev–Trinajstić information content (AvgIpc) is 3.52. The highest BCUT2D eigenvalue weighted by Gasteiger charge is 2.56. The first-order valence-corrected chi connectivity index (χ1v) is 17.4. The van der Waals surface area contributed by atoms with Crippen molar-refractivity contribution in [3.05, 3.63) is 51.5 Å². The van der Waals surface area contributed by atoms with E-state index >= 15 is 0 Å². The summed E-state index contributed by atoms with van der Waals surface area (Å²) in [5.74, 6) is 1.32. The molecule has 4 aliphatic rings. The number of allylic oxidation sites excluding steroid dienone is 3. The van der Waals surface area contributed by atoms with Gasteiger partial charge in [-0.15, -0.1) is 11.3 Å². The van der Waals surface area contributed by atoms with E-state index in [1.807, 2.05) is 6.92 Å². The van der Waals surface area contributed by atoms with Gasteiger partial charge in [-0.3, -0.25) is 4.79 Å². The van der Waals surface area contributed by atoms with Gasteiger partial charge in [0.25, 0.3) is 0 Å². The monoisotopic (exact) mass is 611 g/mol. The molecule has 7 atom stereocenters. The molecule has 0 spiro atoms. The summed E-state index contributed by atoms with van der Waals surface area (Å²) in [6.07, 6.45) is 13.6. The first kappa shape index (κ1) is 32.6. The van der Waals surface area contributed by atoms with Crippen LogP contribution in [0, 0.1) is 35.5 Å². The maximum Gasteiger partial charge on any atom is 0.314 e. The Kier molecular flexibility index (Phi) is 9.50. The van der Waals surface area contributed by atoms with Crippen molar-refractivity contribution >= 4 is 17.3 Å². The van der Waals surface area contributed by atoms with Gasteiger partial charge in [-0.1, -0.05) is 38.2 Å². The van der Waals surface area contributed by atoms with Gasteiger partial charge >= 0.3 is 5.97 Å². The summed E-state index contributed by atoms with van der Waals surface area (Å²) < 4.78 is 6.28. The minimum Gasteiger partial charge on any atom is -0.461 e. The van der Waals surface area contributed by atoms with Gasteiger partial charge < -0.3 is 20.1 Å². The highest BCUT2D eigenvalue weighted by Crippen LogP contribution is 2.60. The number of rotatable bonds is 10. The first-order chi connectivity index (χ1) is 20.3. The minimum absolute atomic E-state index is 0.194. The number of carbonyl (C=O) groups excluding carboxylic acids is 1. The van der Waals surface area contributed by atoms with Crippen molar-refractivity contribution in [1.29, 1.82) is 0 Å². The number of carbonyl (C=O) groups is 1. The molecule has 4 saturated carbocycles. The molecule has 0 radical (unpaired) electrons. The van der Waals surface area contributed by atoms with Crippen molar-refractivity contribution in [1.82, 2.24) is 4.98 Å². The van der Waals surface area contributed by atoms with Gasteiger partial charge in [-0.05, 0) is 119 Å². The van der Waals surface area contributed by atoms with Gasteiger partial charge in [0.05, 0.1) is 29.6 Å². The van der Waals surface area contributed by atoms with Gasteiger partial charge in [0.2, 0.25) is 0 Å². The van der Waals surface area contributed by atoms with Crippen LogP contribution in [0.15, 0.2) is 40.8 Å². The molecule has 0 aromatic carbocycles. The molecule has 0 aliphatic heterocycles. The van der Waals surface area contributed by atoms with Crippen molar-refractivity contribution in [3.63, 3.8) is 0 Å². The Labute approximate surface area is 262 Å². The fraction of sp³-hybridized carbons (Fsp3) is 0.722. The summed E-state index contributed by atoms with van der Waals surface area (Å²) in [6.45, 7) is 14.3. The van der Waals surface area contributed by atoms with Crippen LogP contribution in [-0.4, -0.2) is 51.2 Å². The van der Waals surface area contributed by atoms with Crippen molar-refractivity contribution in [2.75, 3.05) is 6.61 Å². The lowest BCUT2D eigenvalue weighted by Gasteiger charge is -2.44. The predicted molar refractivity (Wildman–Crippen MR) is 172 cm³/mol. The van der Waals surface area contributed by atoms with Crippen LogP contribution in [0.5, 0.6) is 0 Å². The van der Waals surface area contributed by atoms with E-state index in [1.54, 1.807) is 25.2 Å². The second kappa shape index (κ2) is 12.5. The topological polar surface area (TPSA) is 99.9 Å². The molecule has 1 aromatic rings. The Bertz CT molecular complexity index is 1260. The van der Waals surface area contributed by atoms with Gasteiger partial charge in [-0.2, -0.15) is 0 Å². The minimum atomic E-state index is -0.925. The van der Waals surface area contributed by atoms with E-state index in [0.717, 1.165) is 54.0 Å². The van der Waals surface area contributed by atoms with Gasteiger partial charge in [0, 0.05) is 17.5 Å². The molecule has 6 nitrogen and oxygen atoms in total. The third-order valence-electron chi connectivity index (χ3n) is 11.5. The summed E-state index contributed by atoms with van der Waals surface area (Å²) in [7, 11) is 0. The molecule has 1 heterocycles. The highest BCUT2D eigenvalue weighted by molar-refractivity contribution is 7.09. The average molecular weight is 612 g/mol. The number of hydrogen-bond donors (Lipinski definition) is 3. The zero-order chi connectivity index (χ0) is 31.2. The number of aryl methyl sites for hydroxylation is 1. The molecule has 0 bridgehead atoms. The van der Waals surface area contributed by atoms with Crippen LogP contribution in [0.4, 0.5) is 0 Å². The smallest absolute Gasteiger partial charge is 0.314 e. The Morgan fingerprint density at radius 2 is 1.98 bits per heavy atom. The van der Waals surface area contributed by atoms with Crippen molar-refractivity contribution in [3.8, 4) is 0 Å². The zero-order valence-corrected chi connectivity index (χ0v) is 27.7. The number of aromatic nitrogens is 1. The number of nitrogens with zero attached hydrogens (tertiary/aromatic N) is 1. The lowest BCUT2D eigenvalue weighted by Crippen LogP contribution is -2.39. The van der Waals surface area contributed by atoms with Crippen LogP contribution in [0.3, 0.4) is 0 Å². The van der Waals surface area contributed by atoms with Crippen LogP contribution in [-0.2, 0) is 14.9 Å². The highest BCUT2D eigenvalue weighted by atomic mass is 32.1. The molecule has 0 unspecified atom stereocenters. The third kappa shape index (κ3) is 6.47. The fourth-order valence-electron chi connectivity index (χ4n) is 8.49. The SMILES string of the molecule is C=C1C(=CC=C2CCC[C@]3(C)[C@@H]([C@H](C)CC[C@@H](OC(=O)C(C)(C)CO)C4(c5nc(C)cs5)CC4)CC[C@@H]23)C[C@@H](O)C[C@@H]1O. The predicted octanol–water partition coefficient (Wildman–Crippen LogP) is 6.97. The Balaban J connectivity index is 1.30. The molecular weight excluding hydrogens is 558 g/mol. The van der Waals surface area contributed by atoms with Gasteiger partial charge in [-0.25, -0.2) is 4.98 Å². The third-order valence-corrected chi connectivity index (χ3v) is 12.7. The lowest BCUT2D eigenvalue weighted by molar-refractivity contribution is -0.164. The quantitative estimate of drug-likeness (QED) is 0.247.